The van der Waals surface area contributed by atoms with Crippen molar-refractivity contribution in [3.63, 3.8) is 0 Å². The number of carbonyl (C=O) groups is 1. The van der Waals surface area contributed by atoms with Gasteiger partial charge in [-0.05, 0) is 11.6 Å². The molecule has 0 unspecified atom stereocenters. The third kappa shape index (κ3) is 3.25. The molecule has 12 heavy (non-hydrogen) atoms. The van der Waals surface area contributed by atoms with Crippen LogP contribution < -0.4 is 5.32 Å². The van der Waals surface area contributed by atoms with Gasteiger partial charge in [0.2, 0.25) is 0 Å². The fourth-order valence-electron chi connectivity index (χ4n) is 0.849. The highest BCUT2D eigenvalue weighted by molar-refractivity contribution is 5.84. The molecule has 0 amide bonds. The first kappa shape index (κ1) is 8.87. The molecule has 3 nitrogen and oxygen atoms in total. The van der Waals surface area contributed by atoms with Crippen LogP contribution in [0.25, 0.3) is 0 Å². The van der Waals surface area contributed by atoms with Gasteiger partial charge in [0.15, 0.2) is 0 Å². The topological polar surface area (TPSA) is 42.0 Å². The summed E-state index contributed by atoms with van der Waals surface area (Å²) in [5.74, 6) is -0.0982. The van der Waals surface area contributed by atoms with Gasteiger partial charge in [-0.3, -0.25) is 9.78 Å². The second-order valence-electron chi connectivity index (χ2n) is 2.50. The second-order valence-corrected chi connectivity index (χ2v) is 2.50. The lowest BCUT2D eigenvalue weighted by atomic mass is 10.3. The molecule has 0 aliphatic carbocycles. The van der Waals surface area contributed by atoms with Crippen molar-refractivity contribution in [1.29, 1.82) is 0 Å². The van der Waals surface area contributed by atoms with Crippen molar-refractivity contribution >= 4 is 5.78 Å². The average Bonchev–Trinajstić information content (AvgIpc) is 2.05. The van der Waals surface area contributed by atoms with Crippen LogP contribution in [-0.2, 0) is 11.3 Å². The molecule has 0 atom stereocenters. The predicted molar refractivity (Wildman–Crippen MR) is 46.3 cm³/mol. The van der Waals surface area contributed by atoms with E-state index in [0.29, 0.717) is 13.1 Å². The van der Waals surface area contributed by atoms with Crippen LogP contribution in [0.15, 0.2) is 24.5 Å². The summed E-state index contributed by atoms with van der Waals surface area (Å²) < 4.78 is 0. The molecule has 1 aromatic rings. The zero-order valence-electron chi connectivity index (χ0n) is 6.79. The fourth-order valence-corrected chi connectivity index (χ4v) is 0.849. The van der Waals surface area contributed by atoms with Gasteiger partial charge in [0, 0.05) is 25.9 Å². The molecule has 0 aromatic carbocycles. The van der Waals surface area contributed by atoms with Crippen molar-refractivity contribution in [2.24, 2.45) is 0 Å². The number of hydrogen-bond donors (Lipinski definition) is 1. The molecule has 0 spiro atoms. The Balaban J connectivity index is 2.29. The highest BCUT2D eigenvalue weighted by atomic mass is 16.1. The van der Waals surface area contributed by atoms with Gasteiger partial charge in [-0.2, -0.15) is 0 Å². The molecule has 1 heterocycles. The smallest absolute Gasteiger partial charge is 0.147 e. The molecule has 0 fully saturated rings. The minimum atomic E-state index is -0.0982. The van der Waals surface area contributed by atoms with Gasteiger partial charge < -0.3 is 5.32 Å². The molecule has 1 N–H and O–H groups in total. The normalized spacial score (nSPS) is 9.75. The Morgan fingerprint density at radius 1 is 1.67 bits per heavy atom. The standard InChI is InChI=1S/C9H11N2O/c1-8(12)5-11-7-9-3-2-4-10-6-9/h2-4,6,11H,1,5,7H2. The van der Waals surface area contributed by atoms with E-state index >= 15 is 0 Å². The number of rotatable bonds is 4. The molecular formula is C9H11N2O. The quantitative estimate of drug-likeness (QED) is 0.705. The van der Waals surface area contributed by atoms with Crippen LogP contribution in [0.1, 0.15) is 5.56 Å². The van der Waals surface area contributed by atoms with Gasteiger partial charge in [0.25, 0.3) is 0 Å². The summed E-state index contributed by atoms with van der Waals surface area (Å²) in [6.07, 6.45) is 3.48. The van der Waals surface area contributed by atoms with Crippen LogP contribution in [0.5, 0.6) is 0 Å². The maximum absolute atomic E-state index is 10.4. The summed E-state index contributed by atoms with van der Waals surface area (Å²) in [6.45, 7) is 4.23. The summed E-state index contributed by atoms with van der Waals surface area (Å²) in [5.41, 5.74) is 1.07. The summed E-state index contributed by atoms with van der Waals surface area (Å²) in [5, 5.41) is 2.95. The maximum atomic E-state index is 10.4. The number of carbonyl (C=O) groups excluding carboxylic acids is 1. The zero-order chi connectivity index (χ0) is 8.81. The maximum Gasteiger partial charge on any atom is 0.147 e. The van der Waals surface area contributed by atoms with E-state index in [2.05, 4.69) is 17.2 Å². The van der Waals surface area contributed by atoms with E-state index < -0.39 is 0 Å². The average molecular weight is 163 g/mol. The Hall–Kier alpha value is -1.22. The predicted octanol–water partition coefficient (Wildman–Crippen LogP) is 0.574. The molecular weight excluding hydrogens is 152 g/mol. The SMILES string of the molecule is [CH2]C(=O)CNCc1cccnc1. The first-order valence-electron chi connectivity index (χ1n) is 3.73. The largest absolute Gasteiger partial charge is 0.306 e. The highest BCUT2D eigenvalue weighted by Crippen LogP contribution is 1.93. The van der Waals surface area contributed by atoms with E-state index in [4.69, 9.17) is 0 Å². The molecule has 1 rings (SSSR count). The molecule has 0 aliphatic heterocycles. The summed E-state index contributed by atoms with van der Waals surface area (Å²) in [4.78, 5) is 14.4. The van der Waals surface area contributed by atoms with Crippen LogP contribution in [0.3, 0.4) is 0 Å². The van der Waals surface area contributed by atoms with Crippen LogP contribution >= 0.6 is 0 Å². The third-order valence-electron chi connectivity index (χ3n) is 1.37. The number of nitrogens with one attached hydrogen (secondary N) is 1. The Bertz CT molecular complexity index is 246. The van der Waals surface area contributed by atoms with Crippen LogP contribution in [0.2, 0.25) is 0 Å². The first-order valence-corrected chi connectivity index (χ1v) is 3.73. The van der Waals surface area contributed by atoms with E-state index in [0.717, 1.165) is 5.56 Å². The lowest BCUT2D eigenvalue weighted by molar-refractivity contribution is -0.114. The Labute approximate surface area is 71.8 Å². The number of nitrogens with zero attached hydrogens (tertiary/aromatic N) is 1. The van der Waals surface area contributed by atoms with Gasteiger partial charge in [-0.1, -0.05) is 6.07 Å². The van der Waals surface area contributed by atoms with E-state index in [9.17, 15) is 4.79 Å². The monoisotopic (exact) mass is 163 g/mol. The van der Waals surface area contributed by atoms with Crippen molar-refractivity contribution in [3.8, 4) is 0 Å². The van der Waals surface area contributed by atoms with Gasteiger partial charge in [-0.25, -0.2) is 0 Å². The Kier molecular flexibility index (Phi) is 3.41. The second kappa shape index (κ2) is 4.62. The molecule has 63 valence electrons. The molecule has 0 saturated carbocycles. The van der Waals surface area contributed by atoms with Crippen molar-refractivity contribution < 1.29 is 4.79 Å². The lowest BCUT2D eigenvalue weighted by Crippen LogP contribution is -2.20. The highest BCUT2D eigenvalue weighted by Gasteiger charge is 1.93. The van der Waals surface area contributed by atoms with E-state index in [1.807, 2.05) is 12.1 Å². The third-order valence-corrected chi connectivity index (χ3v) is 1.37. The van der Waals surface area contributed by atoms with Crippen molar-refractivity contribution in [1.82, 2.24) is 10.3 Å². The van der Waals surface area contributed by atoms with E-state index in [1.165, 1.54) is 0 Å². The van der Waals surface area contributed by atoms with Gasteiger partial charge in [0.05, 0.1) is 6.54 Å². The van der Waals surface area contributed by atoms with Crippen LogP contribution in [-0.4, -0.2) is 17.3 Å². The molecule has 1 aromatic heterocycles. The molecule has 0 saturated heterocycles. The van der Waals surface area contributed by atoms with Gasteiger partial charge >= 0.3 is 0 Å². The lowest BCUT2D eigenvalue weighted by Gasteiger charge is -2.00. The Morgan fingerprint density at radius 3 is 3.08 bits per heavy atom. The van der Waals surface area contributed by atoms with Crippen LogP contribution in [0.4, 0.5) is 0 Å². The number of aromatic nitrogens is 1. The first-order chi connectivity index (χ1) is 5.79. The fraction of sp³-hybridized carbons (Fsp3) is 0.222. The van der Waals surface area contributed by atoms with Crippen molar-refractivity contribution in [3.05, 3.63) is 37.0 Å². The number of hydrogen-bond acceptors (Lipinski definition) is 3. The number of pyridine rings is 1. The van der Waals surface area contributed by atoms with E-state index in [-0.39, 0.29) is 5.78 Å². The minimum absolute atomic E-state index is 0.0982. The van der Waals surface area contributed by atoms with Crippen LogP contribution in [0, 0.1) is 6.92 Å². The van der Waals surface area contributed by atoms with Gasteiger partial charge in [0.1, 0.15) is 5.78 Å². The molecule has 0 bridgehead atoms. The molecule has 0 aliphatic rings. The van der Waals surface area contributed by atoms with Gasteiger partial charge in [-0.15, -0.1) is 0 Å². The van der Waals surface area contributed by atoms with Crippen molar-refractivity contribution in [2.45, 2.75) is 6.54 Å². The minimum Gasteiger partial charge on any atom is -0.306 e. The number of ketones is 1. The molecule has 1 radical (unpaired) electrons. The van der Waals surface area contributed by atoms with Crippen molar-refractivity contribution in [2.75, 3.05) is 6.54 Å². The summed E-state index contributed by atoms with van der Waals surface area (Å²) in [7, 11) is 0. The zero-order valence-corrected chi connectivity index (χ0v) is 6.79. The summed E-state index contributed by atoms with van der Waals surface area (Å²) >= 11 is 0. The van der Waals surface area contributed by atoms with E-state index in [1.54, 1.807) is 12.4 Å². The number of Topliss-reactive ketones (excluding diaryl/α,β-unsaturated/α-hetero) is 1. The molecule has 3 heteroatoms. The Morgan fingerprint density at radius 2 is 2.50 bits per heavy atom. The summed E-state index contributed by atoms with van der Waals surface area (Å²) in [6, 6.07) is 3.82.